The third-order valence-electron chi connectivity index (χ3n) is 7.19. The standard InChI is InChI=1S/C22H28BNO4/c1-15-18-11-17(22(18,2)3)12-19(15)24-13-20(25)27-23(28-21(26)14-24)10-9-16-7-5-4-6-8-16/h4-10,15,17-19H,11-14H2,1-3H3/b10-9+/t15-,17+,18-,19+/m1/s1. The molecule has 5 rings (SSSR count). The molecular weight excluding hydrogens is 353 g/mol. The first-order valence-corrected chi connectivity index (χ1v) is 10.2. The Morgan fingerprint density at radius 2 is 1.71 bits per heavy atom. The summed E-state index contributed by atoms with van der Waals surface area (Å²) >= 11 is 0. The molecule has 4 fully saturated rings. The minimum Gasteiger partial charge on any atom is -0.495 e. The molecule has 1 aromatic carbocycles. The normalized spacial score (nSPS) is 32.9. The summed E-state index contributed by atoms with van der Waals surface area (Å²) in [4.78, 5) is 26.9. The van der Waals surface area contributed by atoms with Crippen LogP contribution in [-0.4, -0.2) is 43.1 Å². The van der Waals surface area contributed by atoms with E-state index in [0.717, 1.165) is 12.0 Å². The largest absolute Gasteiger partial charge is 0.628 e. The van der Waals surface area contributed by atoms with E-state index in [2.05, 4.69) is 20.8 Å². The lowest BCUT2D eigenvalue weighted by molar-refractivity contribution is -0.160. The van der Waals surface area contributed by atoms with Crippen LogP contribution in [0.1, 0.15) is 39.2 Å². The highest BCUT2D eigenvalue weighted by molar-refractivity contribution is 6.55. The van der Waals surface area contributed by atoms with E-state index < -0.39 is 7.12 Å². The first-order valence-electron chi connectivity index (χ1n) is 10.2. The van der Waals surface area contributed by atoms with Crippen LogP contribution in [0.2, 0.25) is 0 Å². The Bertz CT molecular complexity index is 758. The summed E-state index contributed by atoms with van der Waals surface area (Å²) in [6.45, 7) is 7.23. The van der Waals surface area contributed by atoms with Crippen molar-refractivity contribution in [2.24, 2.45) is 23.2 Å². The van der Waals surface area contributed by atoms with Gasteiger partial charge < -0.3 is 9.31 Å². The lowest BCUT2D eigenvalue weighted by Crippen LogP contribution is -2.62. The van der Waals surface area contributed by atoms with E-state index >= 15 is 0 Å². The summed E-state index contributed by atoms with van der Waals surface area (Å²) in [5.74, 6) is 2.69. The van der Waals surface area contributed by atoms with Crippen LogP contribution in [-0.2, 0) is 18.9 Å². The van der Waals surface area contributed by atoms with Crippen LogP contribution in [0.4, 0.5) is 0 Å². The SMILES string of the molecule is C[C@@H]1[C@H]2C[C@@H](C[C@@H]1N1CC(=O)OB(/C=C/c3ccccc3)OC(=O)C1)C2(C)C. The topological polar surface area (TPSA) is 55.8 Å². The van der Waals surface area contributed by atoms with Gasteiger partial charge in [0.1, 0.15) is 0 Å². The maximum absolute atomic E-state index is 12.5. The molecule has 6 heteroatoms. The minimum atomic E-state index is -0.974. The number of rotatable bonds is 3. The molecule has 0 amide bonds. The van der Waals surface area contributed by atoms with Gasteiger partial charge in [0.05, 0.1) is 13.1 Å². The molecule has 0 aromatic heterocycles. The molecular formula is C22H28BNO4. The molecule has 0 spiro atoms. The molecule has 4 atom stereocenters. The van der Waals surface area contributed by atoms with Crippen LogP contribution < -0.4 is 0 Å². The zero-order valence-electron chi connectivity index (χ0n) is 16.8. The fourth-order valence-electron chi connectivity index (χ4n) is 5.42. The summed E-state index contributed by atoms with van der Waals surface area (Å²) in [6.07, 6.45) is 4.09. The van der Waals surface area contributed by atoms with Gasteiger partial charge in [0.25, 0.3) is 0 Å². The second-order valence-electron chi connectivity index (χ2n) is 9.05. The summed E-state index contributed by atoms with van der Waals surface area (Å²) in [7, 11) is -0.974. The number of nitrogens with zero attached hydrogens (tertiary/aromatic N) is 1. The van der Waals surface area contributed by atoms with Crippen LogP contribution in [0.3, 0.4) is 0 Å². The van der Waals surface area contributed by atoms with Crippen molar-refractivity contribution >= 4 is 25.1 Å². The highest BCUT2D eigenvalue weighted by Gasteiger charge is 2.57. The zero-order valence-corrected chi connectivity index (χ0v) is 16.8. The molecule has 28 heavy (non-hydrogen) atoms. The van der Waals surface area contributed by atoms with Gasteiger partial charge in [0.15, 0.2) is 0 Å². The molecule has 3 saturated carbocycles. The third kappa shape index (κ3) is 3.62. The van der Waals surface area contributed by atoms with Crippen molar-refractivity contribution in [3.8, 4) is 0 Å². The summed E-state index contributed by atoms with van der Waals surface area (Å²) < 4.78 is 10.8. The van der Waals surface area contributed by atoms with Gasteiger partial charge in [-0.3, -0.25) is 14.5 Å². The van der Waals surface area contributed by atoms with E-state index in [-0.39, 0.29) is 31.1 Å². The lowest BCUT2D eigenvalue weighted by atomic mass is 9.44. The highest BCUT2D eigenvalue weighted by Crippen LogP contribution is 2.61. The highest BCUT2D eigenvalue weighted by atomic mass is 16.6. The monoisotopic (exact) mass is 381 g/mol. The fraction of sp³-hybridized carbons (Fsp3) is 0.545. The van der Waals surface area contributed by atoms with Gasteiger partial charge in [0.2, 0.25) is 0 Å². The second-order valence-corrected chi connectivity index (χ2v) is 9.05. The summed E-state index contributed by atoms with van der Waals surface area (Å²) in [5, 5.41) is 0. The first kappa shape index (κ1) is 19.3. The van der Waals surface area contributed by atoms with Crippen LogP contribution in [0.25, 0.3) is 6.08 Å². The predicted molar refractivity (Wildman–Crippen MR) is 108 cm³/mol. The Labute approximate surface area is 167 Å². The van der Waals surface area contributed by atoms with Crippen molar-refractivity contribution in [1.29, 1.82) is 0 Å². The van der Waals surface area contributed by atoms with E-state index in [0.29, 0.717) is 23.2 Å². The molecule has 1 aromatic rings. The molecule has 0 unspecified atom stereocenters. The van der Waals surface area contributed by atoms with E-state index in [1.54, 1.807) is 12.1 Å². The van der Waals surface area contributed by atoms with Gasteiger partial charge in [0, 0.05) is 6.04 Å². The zero-order chi connectivity index (χ0) is 19.9. The Morgan fingerprint density at radius 3 is 2.29 bits per heavy atom. The minimum absolute atomic E-state index is 0.139. The Kier molecular flexibility index (Phi) is 5.08. The van der Waals surface area contributed by atoms with Gasteiger partial charge in [-0.25, -0.2) is 0 Å². The van der Waals surface area contributed by atoms with Crippen LogP contribution >= 0.6 is 0 Å². The van der Waals surface area contributed by atoms with Gasteiger partial charge in [-0.2, -0.15) is 0 Å². The van der Waals surface area contributed by atoms with Gasteiger partial charge in [-0.1, -0.05) is 57.2 Å². The third-order valence-corrected chi connectivity index (χ3v) is 7.19. The molecule has 1 heterocycles. The van der Waals surface area contributed by atoms with E-state index in [4.69, 9.17) is 9.31 Å². The Morgan fingerprint density at radius 1 is 1.07 bits per heavy atom. The van der Waals surface area contributed by atoms with Gasteiger partial charge >= 0.3 is 19.1 Å². The smallest absolute Gasteiger partial charge is 0.495 e. The number of hydrogen-bond acceptors (Lipinski definition) is 5. The Balaban J connectivity index is 1.42. The molecule has 5 nitrogen and oxygen atoms in total. The van der Waals surface area contributed by atoms with Crippen LogP contribution in [0.15, 0.2) is 36.3 Å². The predicted octanol–water partition coefficient (Wildman–Crippen LogP) is 3.20. The molecule has 148 valence electrons. The number of benzene rings is 1. The maximum Gasteiger partial charge on any atom is 0.628 e. The number of carbonyl (C=O) groups excluding carboxylic acids is 2. The molecule has 0 N–H and O–H groups in total. The van der Waals surface area contributed by atoms with Crippen molar-refractivity contribution in [2.45, 2.75) is 39.7 Å². The first-order chi connectivity index (χ1) is 13.3. The Hall–Kier alpha value is -2.08. The van der Waals surface area contributed by atoms with Crippen molar-refractivity contribution in [3.05, 3.63) is 41.9 Å². The summed E-state index contributed by atoms with van der Waals surface area (Å²) in [5.41, 5.74) is 1.32. The fourth-order valence-corrected chi connectivity index (χ4v) is 5.42. The van der Waals surface area contributed by atoms with E-state index in [9.17, 15) is 9.59 Å². The van der Waals surface area contributed by atoms with Crippen LogP contribution in [0, 0.1) is 23.2 Å². The molecule has 1 saturated heterocycles. The molecule has 3 aliphatic carbocycles. The molecule has 0 radical (unpaired) electrons. The maximum atomic E-state index is 12.5. The second kappa shape index (κ2) is 7.39. The average molecular weight is 381 g/mol. The number of carbonyl (C=O) groups is 2. The lowest BCUT2D eigenvalue weighted by Gasteiger charge is -2.63. The van der Waals surface area contributed by atoms with E-state index in [1.807, 2.05) is 35.2 Å². The average Bonchev–Trinajstić information content (AvgIpc) is 2.64. The quantitative estimate of drug-likeness (QED) is 0.753. The molecule has 2 bridgehead atoms. The van der Waals surface area contributed by atoms with Crippen LogP contribution in [0.5, 0.6) is 0 Å². The number of fused-ring (bicyclic) bond motifs is 2. The molecule has 1 aliphatic heterocycles. The van der Waals surface area contributed by atoms with Crippen molar-refractivity contribution in [3.63, 3.8) is 0 Å². The van der Waals surface area contributed by atoms with Crippen molar-refractivity contribution < 1.29 is 18.9 Å². The summed E-state index contributed by atoms with van der Waals surface area (Å²) in [6, 6.07) is 9.87. The van der Waals surface area contributed by atoms with Gasteiger partial charge in [-0.15, -0.1) is 0 Å². The van der Waals surface area contributed by atoms with Crippen molar-refractivity contribution in [2.75, 3.05) is 13.1 Å². The molecule has 4 aliphatic rings. The van der Waals surface area contributed by atoms with Gasteiger partial charge in [-0.05, 0) is 47.5 Å². The number of hydrogen-bond donors (Lipinski definition) is 0. The van der Waals surface area contributed by atoms with Crippen molar-refractivity contribution in [1.82, 2.24) is 4.90 Å². The van der Waals surface area contributed by atoms with E-state index in [1.165, 1.54) is 6.42 Å².